The van der Waals surface area contributed by atoms with Gasteiger partial charge in [-0.25, -0.2) is 9.59 Å². The van der Waals surface area contributed by atoms with Gasteiger partial charge in [0.1, 0.15) is 12.2 Å². The van der Waals surface area contributed by atoms with Gasteiger partial charge in [-0.1, -0.05) is 72.8 Å². The number of hydrogen-bond acceptors (Lipinski definition) is 10. The van der Waals surface area contributed by atoms with Crippen molar-refractivity contribution in [3.05, 3.63) is 130 Å². The molecule has 6 rings (SSSR count). The molecule has 0 heterocycles. The van der Waals surface area contributed by atoms with Crippen LogP contribution in [0, 0.1) is 0 Å². The molecule has 6 unspecified atom stereocenters. The van der Waals surface area contributed by atoms with Gasteiger partial charge in [0.2, 0.25) is 0 Å². The van der Waals surface area contributed by atoms with E-state index >= 15 is 0 Å². The monoisotopic (exact) mass is 706 g/mol. The van der Waals surface area contributed by atoms with Crippen molar-refractivity contribution < 1.29 is 39.5 Å². The summed E-state index contributed by atoms with van der Waals surface area (Å²) in [6.07, 6.45) is 3.96. The van der Waals surface area contributed by atoms with E-state index in [2.05, 4.69) is 48.7 Å². The molecule has 0 amide bonds. The lowest BCUT2D eigenvalue weighted by molar-refractivity contribution is -0.148. The first kappa shape index (κ1) is 36.5. The zero-order chi connectivity index (χ0) is 36.8. The van der Waals surface area contributed by atoms with Crippen LogP contribution in [0.3, 0.4) is 0 Å². The van der Waals surface area contributed by atoms with E-state index < -0.39 is 24.1 Å². The predicted octanol–water partition coefficient (Wildman–Crippen LogP) is 6.01. The van der Waals surface area contributed by atoms with Crippen molar-refractivity contribution in [2.75, 3.05) is 0 Å². The van der Waals surface area contributed by atoms with Crippen molar-refractivity contribution in [2.45, 2.75) is 88.7 Å². The molecule has 0 fully saturated rings. The fourth-order valence-corrected chi connectivity index (χ4v) is 7.56. The Kier molecular flexibility index (Phi) is 11.5. The Balaban J connectivity index is 1.17. The van der Waals surface area contributed by atoms with Gasteiger partial charge in [0.15, 0.2) is 23.0 Å². The Morgan fingerprint density at radius 2 is 1.02 bits per heavy atom. The Morgan fingerprint density at radius 1 is 0.635 bits per heavy atom. The summed E-state index contributed by atoms with van der Waals surface area (Å²) in [5.74, 6) is -2.51. The molecule has 0 bridgehead atoms. The number of hydrogen-bond donors (Lipinski definition) is 6. The van der Waals surface area contributed by atoms with Gasteiger partial charge in [-0.05, 0) is 75.6 Å². The van der Waals surface area contributed by atoms with Gasteiger partial charge in [0.05, 0.1) is 0 Å². The van der Waals surface area contributed by atoms with Gasteiger partial charge < -0.3 is 40.5 Å². The van der Waals surface area contributed by atoms with E-state index in [-0.39, 0.29) is 47.2 Å². The highest BCUT2D eigenvalue weighted by atomic mass is 16.6. The lowest BCUT2D eigenvalue weighted by atomic mass is 9.84. The molecule has 0 saturated carbocycles. The second kappa shape index (κ2) is 16.4. The third-order valence-electron chi connectivity index (χ3n) is 9.96. The number of carbonyl (C=O) groups excluding carboxylic acids is 2. The van der Waals surface area contributed by atoms with E-state index in [1.165, 1.54) is 12.1 Å². The van der Waals surface area contributed by atoms with Crippen LogP contribution in [0.2, 0.25) is 0 Å². The highest BCUT2D eigenvalue weighted by molar-refractivity contribution is 5.92. The largest absolute Gasteiger partial charge is 0.504 e. The summed E-state index contributed by atoms with van der Waals surface area (Å²) in [6.45, 7) is 4.11. The molecule has 0 aromatic heterocycles. The minimum atomic E-state index is -0.804. The van der Waals surface area contributed by atoms with Crippen molar-refractivity contribution in [3.63, 3.8) is 0 Å². The molecule has 6 N–H and O–H groups in total. The minimum Gasteiger partial charge on any atom is -0.504 e. The normalized spacial score (nSPS) is 20.7. The predicted molar refractivity (Wildman–Crippen MR) is 196 cm³/mol. The van der Waals surface area contributed by atoms with Crippen molar-refractivity contribution in [1.82, 2.24) is 10.6 Å². The highest BCUT2D eigenvalue weighted by Gasteiger charge is 2.37. The number of aromatic hydroxyl groups is 4. The second-order valence-electron chi connectivity index (χ2n) is 13.9. The van der Waals surface area contributed by atoms with Crippen LogP contribution < -0.4 is 10.6 Å². The third-order valence-corrected chi connectivity index (χ3v) is 9.96. The summed E-state index contributed by atoms with van der Waals surface area (Å²) in [7, 11) is 0. The van der Waals surface area contributed by atoms with Gasteiger partial charge in [-0.3, -0.25) is 0 Å². The quantitative estimate of drug-likeness (QED) is 0.0586. The molecule has 52 heavy (non-hydrogen) atoms. The van der Waals surface area contributed by atoms with Gasteiger partial charge in [-0.15, -0.1) is 0 Å². The van der Waals surface area contributed by atoms with Crippen LogP contribution in [-0.2, 0) is 44.7 Å². The number of carbonyl (C=O) groups is 2. The van der Waals surface area contributed by atoms with E-state index in [1.54, 1.807) is 12.1 Å². The third kappa shape index (κ3) is 8.58. The molecule has 0 spiro atoms. The van der Waals surface area contributed by atoms with Gasteiger partial charge >= 0.3 is 11.9 Å². The van der Waals surface area contributed by atoms with E-state index in [9.17, 15) is 30.0 Å². The number of fused-ring (bicyclic) bond motifs is 2. The Labute approximate surface area is 303 Å². The minimum absolute atomic E-state index is 0.0306. The smallest absolute Gasteiger partial charge is 0.331 e. The average molecular weight is 707 g/mol. The molecule has 2 aliphatic rings. The standard InChI is InChI=1S/C42H46N2O8/c1-25(23-27-9-5-3-6-10-27)43-33-17-13-29-31(15-19-35(45)39(29)49)41(33)51-37(47)21-22-38(48)52-42-32-16-20-36(46)40(50)30(32)14-18-34(42)44-26(2)24-28-11-7-4-8-12-28/h3-12,15-16,19-22,25-26,33-34,41-46,49-50H,13-14,17-18,23-24H2,1-2H3/b22-21+. The Morgan fingerprint density at radius 3 is 1.40 bits per heavy atom. The molecule has 4 aromatic rings. The molecule has 10 nitrogen and oxygen atoms in total. The first-order chi connectivity index (χ1) is 25.1. The summed E-state index contributed by atoms with van der Waals surface area (Å²) in [5, 5.41) is 48.7. The maximum Gasteiger partial charge on any atom is 0.331 e. The number of phenolic OH excluding ortho intramolecular Hbond substituents is 4. The van der Waals surface area contributed by atoms with Crippen molar-refractivity contribution >= 4 is 11.9 Å². The molecule has 272 valence electrons. The van der Waals surface area contributed by atoms with Crippen LogP contribution >= 0.6 is 0 Å². The fourth-order valence-electron chi connectivity index (χ4n) is 7.56. The summed E-state index contributed by atoms with van der Waals surface area (Å²) >= 11 is 0. The molecular formula is C42H46N2O8. The van der Waals surface area contributed by atoms with Crippen LogP contribution in [0.25, 0.3) is 0 Å². The maximum absolute atomic E-state index is 13.3. The molecule has 0 radical (unpaired) electrons. The molecule has 0 aliphatic heterocycles. The molecule has 4 aromatic carbocycles. The average Bonchev–Trinajstić information content (AvgIpc) is 3.13. The molecule has 10 heteroatoms. The van der Waals surface area contributed by atoms with Crippen LogP contribution in [0.5, 0.6) is 23.0 Å². The number of ether oxygens (including phenoxy) is 2. The maximum atomic E-state index is 13.3. The van der Waals surface area contributed by atoms with E-state index in [4.69, 9.17) is 9.47 Å². The Hall–Kier alpha value is -5.32. The van der Waals surface area contributed by atoms with Crippen molar-refractivity contribution in [2.24, 2.45) is 0 Å². The molecule has 2 aliphatic carbocycles. The Bertz CT molecular complexity index is 1760. The zero-order valence-electron chi connectivity index (χ0n) is 29.4. The van der Waals surface area contributed by atoms with E-state index in [0.29, 0.717) is 47.9 Å². The van der Waals surface area contributed by atoms with Crippen LogP contribution in [0.4, 0.5) is 0 Å². The number of nitrogens with one attached hydrogen (secondary N) is 2. The summed E-state index contributed by atoms with van der Waals surface area (Å²) < 4.78 is 11.9. The van der Waals surface area contributed by atoms with Crippen LogP contribution in [-0.4, -0.2) is 56.5 Å². The molecular weight excluding hydrogens is 660 g/mol. The van der Waals surface area contributed by atoms with Crippen molar-refractivity contribution in [3.8, 4) is 23.0 Å². The number of benzene rings is 4. The SMILES string of the molecule is CC(Cc1ccccc1)NC1CCc2c(ccc(O)c2O)C1OC(=O)/C=C/C(=O)OC1c2ccc(O)c(O)c2CCC1NC(C)Cc1ccccc1. The van der Waals surface area contributed by atoms with Crippen LogP contribution in [0.1, 0.15) is 72.3 Å². The number of rotatable bonds is 12. The number of phenols is 4. The lowest BCUT2D eigenvalue weighted by Gasteiger charge is -2.36. The summed E-state index contributed by atoms with van der Waals surface area (Å²) in [6, 6.07) is 25.6. The number of esters is 2. The molecule has 0 saturated heterocycles. The first-order valence-electron chi connectivity index (χ1n) is 17.8. The summed E-state index contributed by atoms with van der Waals surface area (Å²) in [4.78, 5) is 26.7. The first-order valence-corrected chi connectivity index (χ1v) is 17.8. The highest BCUT2D eigenvalue weighted by Crippen LogP contribution is 2.43. The molecule has 6 atom stereocenters. The lowest BCUT2D eigenvalue weighted by Crippen LogP contribution is -2.45. The van der Waals surface area contributed by atoms with Crippen LogP contribution in [0.15, 0.2) is 97.1 Å². The van der Waals surface area contributed by atoms with Gasteiger partial charge in [0, 0.05) is 58.6 Å². The second-order valence-corrected chi connectivity index (χ2v) is 13.9. The summed E-state index contributed by atoms with van der Waals surface area (Å²) in [5.41, 5.74) is 4.51. The topological polar surface area (TPSA) is 158 Å². The van der Waals surface area contributed by atoms with Gasteiger partial charge in [0.25, 0.3) is 0 Å². The van der Waals surface area contributed by atoms with Crippen molar-refractivity contribution in [1.29, 1.82) is 0 Å². The zero-order valence-corrected chi connectivity index (χ0v) is 29.4. The van der Waals surface area contributed by atoms with E-state index in [0.717, 1.165) is 36.1 Å². The van der Waals surface area contributed by atoms with E-state index in [1.807, 2.05) is 36.4 Å². The fraction of sp³-hybridized carbons (Fsp3) is 0.333. The van der Waals surface area contributed by atoms with Gasteiger partial charge in [-0.2, -0.15) is 0 Å².